The number of nitrogens with one attached hydrogen (secondary N) is 2. The lowest BCUT2D eigenvalue weighted by molar-refractivity contribution is -0.119. The molecule has 0 spiro atoms. The van der Waals surface area contributed by atoms with E-state index in [9.17, 15) is 18.0 Å². The van der Waals surface area contributed by atoms with Crippen molar-refractivity contribution in [3.63, 3.8) is 0 Å². The first-order chi connectivity index (χ1) is 19.5. The van der Waals surface area contributed by atoms with Gasteiger partial charge in [0, 0.05) is 11.3 Å². The molecular formula is C32H32N4O4S. The Morgan fingerprint density at radius 2 is 1.37 bits per heavy atom. The largest absolute Gasteiger partial charge is 0.322 e. The summed E-state index contributed by atoms with van der Waals surface area (Å²) in [4.78, 5) is 25.5. The molecule has 8 nitrogen and oxygen atoms in total. The molecule has 0 atom stereocenters. The van der Waals surface area contributed by atoms with Crippen LogP contribution in [0.2, 0.25) is 0 Å². The first-order valence-corrected chi connectivity index (χ1v) is 14.4. The van der Waals surface area contributed by atoms with E-state index in [1.54, 1.807) is 79.7 Å². The highest BCUT2D eigenvalue weighted by molar-refractivity contribution is 7.92. The van der Waals surface area contributed by atoms with E-state index in [1.807, 2.05) is 32.9 Å². The lowest BCUT2D eigenvalue weighted by atomic mass is 10.1. The van der Waals surface area contributed by atoms with Gasteiger partial charge in [-0.15, -0.1) is 0 Å². The molecule has 9 heteroatoms. The van der Waals surface area contributed by atoms with Crippen molar-refractivity contribution in [2.24, 2.45) is 5.10 Å². The van der Waals surface area contributed by atoms with Crippen LogP contribution in [0.1, 0.15) is 39.5 Å². The van der Waals surface area contributed by atoms with E-state index in [0.29, 0.717) is 22.6 Å². The maximum absolute atomic E-state index is 13.6. The SMILES string of the molecule is C/C(=N/NC(=O)CN(c1cc(C)cc(C)c1)S(=O)(=O)c1ccc(C)cc1)c1ccc(NC(=O)c2ccccc2)cc1. The Kier molecular flexibility index (Phi) is 8.99. The van der Waals surface area contributed by atoms with Gasteiger partial charge in [0.1, 0.15) is 6.54 Å². The van der Waals surface area contributed by atoms with Crippen LogP contribution in [0.3, 0.4) is 0 Å². The summed E-state index contributed by atoms with van der Waals surface area (Å²) in [5, 5.41) is 7.03. The summed E-state index contributed by atoms with van der Waals surface area (Å²) >= 11 is 0. The van der Waals surface area contributed by atoms with Gasteiger partial charge >= 0.3 is 0 Å². The van der Waals surface area contributed by atoms with Gasteiger partial charge in [-0.3, -0.25) is 13.9 Å². The summed E-state index contributed by atoms with van der Waals surface area (Å²) in [7, 11) is -4.04. The van der Waals surface area contributed by atoms with Crippen molar-refractivity contribution >= 4 is 38.9 Å². The Hall–Kier alpha value is -4.76. The van der Waals surface area contributed by atoms with Gasteiger partial charge in [-0.25, -0.2) is 13.8 Å². The summed E-state index contributed by atoms with van der Waals surface area (Å²) in [5.74, 6) is -0.809. The van der Waals surface area contributed by atoms with Crippen molar-refractivity contribution in [3.05, 3.63) is 125 Å². The lowest BCUT2D eigenvalue weighted by Gasteiger charge is -2.24. The summed E-state index contributed by atoms with van der Waals surface area (Å²) in [6.07, 6.45) is 0. The van der Waals surface area contributed by atoms with Gasteiger partial charge in [-0.1, -0.05) is 54.1 Å². The Morgan fingerprint density at radius 3 is 1.98 bits per heavy atom. The van der Waals surface area contributed by atoms with E-state index < -0.39 is 22.5 Å². The molecule has 0 aliphatic carbocycles. The van der Waals surface area contributed by atoms with E-state index in [0.717, 1.165) is 26.6 Å². The first kappa shape index (κ1) is 29.2. The molecule has 0 bridgehead atoms. The zero-order chi connectivity index (χ0) is 29.6. The standard InChI is InChI=1S/C32H32N4O4S/c1-22-10-16-30(17-11-22)41(39,40)36(29-19-23(2)18-24(3)20-29)21-31(37)35-34-25(4)26-12-14-28(15-13-26)33-32(38)27-8-6-5-7-9-27/h5-20H,21H2,1-4H3,(H,33,38)(H,35,37)/b34-25-. The van der Waals surface area contributed by atoms with Crippen molar-refractivity contribution in [2.75, 3.05) is 16.2 Å². The van der Waals surface area contributed by atoms with Crippen molar-refractivity contribution < 1.29 is 18.0 Å². The minimum absolute atomic E-state index is 0.0918. The normalized spacial score (nSPS) is 11.6. The molecule has 0 radical (unpaired) electrons. The fourth-order valence-electron chi connectivity index (χ4n) is 4.21. The van der Waals surface area contributed by atoms with Gasteiger partial charge in [0.15, 0.2) is 0 Å². The Morgan fingerprint density at radius 1 is 0.756 bits per heavy atom. The minimum atomic E-state index is -4.04. The molecule has 0 heterocycles. The predicted octanol–water partition coefficient (Wildman–Crippen LogP) is 5.60. The monoisotopic (exact) mass is 568 g/mol. The highest BCUT2D eigenvalue weighted by Crippen LogP contribution is 2.26. The van der Waals surface area contributed by atoms with Crippen molar-refractivity contribution in [3.8, 4) is 0 Å². The van der Waals surface area contributed by atoms with Crippen LogP contribution in [0, 0.1) is 20.8 Å². The summed E-state index contributed by atoms with van der Waals surface area (Å²) in [6.45, 7) is 6.89. The van der Waals surface area contributed by atoms with E-state index in [1.165, 1.54) is 12.1 Å². The summed E-state index contributed by atoms with van der Waals surface area (Å²) in [6, 6.07) is 27.9. The molecule has 0 saturated carbocycles. The first-order valence-electron chi connectivity index (χ1n) is 13.0. The fourth-order valence-corrected chi connectivity index (χ4v) is 5.62. The van der Waals surface area contributed by atoms with Crippen LogP contribution < -0.4 is 15.0 Å². The van der Waals surface area contributed by atoms with E-state index in [4.69, 9.17) is 0 Å². The molecule has 2 amide bonds. The van der Waals surface area contributed by atoms with Gasteiger partial charge in [-0.2, -0.15) is 5.10 Å². The molecule has 0 aliphatic rings. The van der Waals surface area contributed by atoms with Gasteiger partial charge in [0.25, 0.3) is 21.8 Å². The number of hydrogen-bond acceptors (Lipinski definition) is 5. The van der Waals surface area contributed by atoms with Gasteiger partial charge in [0.05, 0.1) is 16.3 Å². The smallest absolute Gasteiger partial charge is 0.264 e. The number of nitrogens with zero attached hydrogens (tertiary/aromatic N) is 2. The second kappa shape index (κ2) is 12.6. The summed E-state index contributed by atoms with van der Waals surface area (Å²) < 4.78 is 28.4. The van der Waals surface area contributed by atoms with Gasteiger partial charge in [-0.05, 0) is 92.9 Å². The number of hydrogen-bond donors (Lipinski definition) is 2. The van der Waals surface area contributed by atoms with E-state index in [2.05, 4.69) is 15.8 Å². The van der Waals surface area contributed by atoms with Crippen LogP contribution in [0.4, 0.5) is 11.4 Å². The molecule has 4 aromatic carbocycles. The highest BCUT2D eigenvalue weighted by atomic mass is 32.2. The molecular weight excluding hydrogens is 536 g/mol. The van der Waals surface area contributed by atoms with Crippen LogP contribution >= 0.6 is 0 Å². The zero-order valence-corrected chi connectivity index (χ0v) is 24.2. The topological polar surface area (TPSA) is 108 Å². The maximum Gasteiger partial charge on any atom is 0.264 e. The molecule has 0 saturated heterocycles. The molecule has 41 heavy (non-hydrogen) atoms. The Bertz CT molecular complexity index is 1660. The van der Waals surface area contributed by atoms with Crippen molar-refractivity contribution in [2.45, 2.75) is 32.6 Å². The third-order valence-corrected chi connectivity index (χ3v) is 8.12. The number of amides is 2. The molecule has 4 aromatic rings. The van der Waals surface area contributed by atoms with Crippen molar-refractivity contribution in [1.29, 1.82) is 0 Å². The van der Waals surface area contributed by atoms with Crippen LogP contribution in [0.15, 0.2) is 107 Å². The van der Waals surface area contributed by atoms with Crippen LogP contribution in [-0.4, -0.2) is 32.5 Å². The Labute approximate surface area is 240 Å². The average molecular weight is 569 g/mol. The fraction of sp³-hybridized carbons (Fsp3) is 0.156. The maximum atomic E-state index is 13.6. The van der Waals surface area contributed by atoms with Gasteiger partial charge < -0.3 is 5.32 Å². The number of rotatable bonds is 9. The Balaban J connectivity index is 1.49. The number of carbonyl (C=O) groups is 2. The second-order valence-electron chi connectivity index (χ2n) is 9.80. The molecule has 2 N–H and O–H groups in total. The number of carbonyl (C=O) groups excluding carboxylic acids is 2. The van der Waals surface area contributed by atoms with Crippen LogP contribution in [0.25, 0.3) is 0 Å². The number of aryl methyl sites for hydroxylation is 3. The predicted molar refractivity (Wildman–Crippen MR) is 163 cm³/mol. The van der Waals surface area contributed by atoms with E-state index in [-0.39, 0.29) is 10.8 Å². The quantitative estimate of drug-likeness (QED) is 0.202. The number of sulfonamides is 1. The molecule has 0 aromatic heterocycles. The molecule has 210 valence electrons. The summed E-state index contributed by atoms with van der Waals surface area (Å²) in [5.41, 5.74) is 7.96. The van der Waals surface area contributed by atoms with Crippen LogP contribution in [0.5, 0.6) is 0 Å². The van der Waals surface area contributed by atoms with Gasteiger partial charge in [0.2, 0.25) is 0 Å². The molecule has 4 rings (SSSR count). The molecule has 0 aliphatic heterocycles. The van der Waals surface area contributed by atoms with Crippen molar-refractivity contribution in [1.82, 2.24) is 5.43 Å². The zero-order valence-electron chi connectivity index (χ0n) is 23.4. The number of benzene rings is 4. The molecule has 0 fully saturated rings. The second-order valence-corrected chi connectivity index (χ2v) is 11.7. The third-order valence-electron chi connectivity index (χ3n) is 6.34. The lowest BCUT2D eigenvalue weighted by Crippen LogP contribution is -2.39. The molecule has 0 unspecified atom stereocenters. The van der Waals surface area contributed by atoms with Crippen LogP contribution in [-0.2, 0) is 14.8 Å². The number of anilines is 2. The minimum Gasteiger partial charge on any atom is -0.322 e. The highest BCUT2D eigenvalue weighted by Gasteiger charge is 2.27. The average Bonchev–Trinajstić information content (AvgIpc) is 2.95. The number of hydrazone groups is 1. The third kappa shape index (κ3) is 7.46. The van der Waals surface area contributed by atoms with E-state index >= 15 is 0 Å².